The van der Waals surface area contributed by atoms with Gasteiger partial charge < -0.3 is 5.32 Å². The van der Waals surface area contributed by atoms with Crippen molar-refractivity contribution in [3.63, 3.8) is 0 Å². The molecular weight excluding hydrogens is 300 g/mol. The number of nitrogens with one attached hydrogen (secondary N) is 1. The summed E-state index contributed by atoms with van der Waals surface area (Å²) in [5.41, 5.74) is 2.82. The van der Waals surface area contributed by atoms with Crippen LogP contribution in [0.1, 0.15) is 36.9 Å². The molecule has 1 N–H and O–H groups in total. The SMILES string of the molecule is CCCN1CCC(CNC)C1c1ccc(Br)c(C)c1. The summed E-state index contributed by atoms with van der Waals surface area (Å²) < 4.78 is 1.21. The van der Waals surface area contributed by atoms with Crippen molar-refractivity contribution >= 4 is 15.9 Å². The van der Waals surface area contributed by atoms with Crippen molar-refractivity contribution in [2.75, 3.05) is 26.7 Å². The number of nitrogens with zero attached hydrogens (tertiary/aromatic N) is 1. The largest absolute Gasteiger partial charge is 0.319 e. The average molecular weight is 325 g/mol. The molecule has 0 radical (unpaired) electrons. The van der Waals surface area contributed by atoms with Gasteiger partial charge in [-0.1, -0.05) is 35.0 Å². The first kappa shape index (κ1) is 15.0. The molecule has 106 valence electrons. The topological polar surface area (TPSA) is 15.3 Å². The number of benzene rings is 1. The predicted octanol–water partition coefficient (Wildman–Crippen LogP) is 3.75. The van der Waals surface area contributed by atoms with Crippen molar-refractivity contribution in [1.29, 1.82) is 0 Å². The van der Waals surface area contributed by atoms with E-state index in [-0.39, 0.29) is 0 Å². The van der Waals surface area contributed by atoms with E-state index in [4.69, 9.17) is 0 Å². The Balaban J connectivity index is 2.26. The van der Waals surface area contributed by atoms with Crippen LogP contribution in [0, 0.1) is 12.8 Å². The zero-order valence-electron chi connectivity index (χ0n) is 12.2. The maximum absolute atomic E-state index is 3.60. The Morgan fingerprint density at radius 2 is 2.21 bits per heavy atom. The maximum Gasteiger partial charge on any atom is 0.0388 e. The molecule has 0 spiro atoms. The first-order chi connectivity index (χ1) is 9.17. The summed E-state index contributed by atoms with van der Waals surface area (Å²) in [6.07, 6.45) is 2.54. The fourth-order valence-corrected chi connectivity index (χ4v) is 3.52. The molecule has 2 rings (SSSR count). The van der Waals surface area contributed by atoms with Gasteiger partial charge in [0.15, 0.2) is 0 Å². The third-order valence-corrected chi connectivity index (χ3v) is 5.02. The van der Waals surface area contributed by atoms with Crippen LogP contribution < -0.4 is 5.32 Å². The van der Waals surface area contributed by atoms with Crippen molar-refractivity contribution in [1.82, 2.24) is 10.2 Å². The zero-order valence-corrected chi connectivity index (χ0v) is 13.8. The molecule has 1 fully saturated rings. The molecule has 0 aliphatic carbocycles. The van der Waals surface area contributed by atoms with E-state index >= 15 is 0 Å². The molecule has 1 saturated heterocycles. The lowest BCUT2D eigenvalue weighted by molar-refractivity contribution is 0.227. The summed E-state index contributed by atoms with van der Waals surface area (Å²) in [4.78, 5) is 2.66. The van der Waals surface area contributed by atoms with Gasteiger partial charge in [-0.15, -0.1) is 0 Å². The number of hydrogen-bond acceptors (Lipinski definition) is 2. The average Bonchev–Trinajstić information content (AvgIpc) is 2.77. The number of halogens is 1. The summed E-state index contributed by atoms with van der Waals surface area (Å²) in [6, 6.07) is 7.42. The Labute approximate surface area is 125 Å². The van der Waals surface area contributed by atoms with Gasteiger partial charge in [-0.05, 0) is 69.6 Å². The lowest BCUT2D eigenvalue weighted by atomic mass is 9.92. The minimum atomic E-state index is 0.583. The molecule has 1 aromatic carbocycles. The summed E-state index contributed by atoms with van der Waals surface area (Å²) in [5.74, 6) is 0.733. The van der Waals surface area contributed by atoms with Gasteiger partial charge >= 0.3 is 0 Å². The second-order valence-corrected chi connectivity index (χ2v) is 6.45. The molecule has 0 amide bonds. The molecule has 2 unspecified atom stereocenters. The van der Waals surface area contributed by atoms with Crippen molar-refractivity contribution in [2.24, 2.45) is 5.92 Å². The minimum absolute atomic E-state index is 0.583. The molecule has 0 bridgehead atoms. The van der Waals surface area contributed by atoms with Crippen LogP contribution in [0.5, 0.6) is 0 Å². The predicted molar refractivity (Wildman–Crippen MR) is 85.5 cm³/mol. The number of hydrogen-bond donors (Lipinski definition) is 1. The van der Waals surface area contributed by atoms with Crippen LogP contribution in [0.2, 0.25) is 0 Å². The third-order valence-electron chi connectivity index (χ3n) is 4.13. The van der Waals surface area contributed by atoms with Gasteiger partial charge in [-0.25, -0.2) is 0 Å². The second-order valence-electron chi connectivity index (χ2n) is 5.60. The molecule has 1 aliphatic heterocycles. The van der Waals surface area contributed by atoms with Crippen molar-refractivity contribution < 1.29 is 0 Å². The molecule has 0 saturated carbocycles. The van der Waals surface area contributed by atoms with Crippen LogP contribution in [0.25, 0.3) is 0 Å². The van der Waals surface area contributed by atoms with E-state index in [1.165, 1.54) is 41.5 Å². The monoisotopic (exact) mass is 324 g/mol. The quantitative estimate of drug-likeness (QED) is 0.887. The Hall–Kier alpha value is -0.380. The summed E-state index contributed by atoms with van der Waals surface area (Å²) in [5, 5.41) is 3.36. The van der Waals surface area contributed by atoms with E-state index in [9.17, 15) is 0 Å². The Morgan fingerprint density at radius 3 is 2.84 bits per heavy atom. The smallest absolute Gasteiger partial charge is 0.0388 e. The number of likely N-dealkylation sites (tertiary alicyclic amines) is 1. The molecule has 2 atom stereocenters. The summed E-state index contributed by atoms with van der Waals surface area (Å²) in [6.45, 7) is 8.01. The Morgan fingerprint density at radius 1 is 1.42 bits per heavy atom. The third kappa shape index (κ3) is 3.39. The normalized spacial score (nSPS) is 24.0. The fourth-order valence-electron chi connectivity index (χ4n) is 3.28. The van der Waals surface area contributed by atoms with Gasteiger partial charge in [0.1, 0.15) is 0 Å². The van der Waals surface area contributed by atoms with Gasteiger partial charge in [-0.3, -0.25) is 4.90 Å². The van der Waals surface area contributed by atoms with Gasteiger partial charge in [-0.2, -0.15) is 0 Å². The highest BCUT2D eigenvalue weighted by Gasteiger charge is 2.34. The van der Waals surface area contributed by atoms with Gasteiger partial charge in [0.2, 0.25) is 0 Å². The fraction of sp³-hybridized carbons (Fsp3) is 0.625. The van der Waals surface area contributed by atoms with E-state index in [1.807, 2.05) is 0 Å². The zero-order chi connectivity index (χ0) is 13.8. The molecule has 0 aromatic heterocycles. The van der Waals surface area contributed by atoms with Crippen LogP contribution in [-0.4, -0.2) is 31.6 Å². The lowest BCUT2D eigenvalue weighted by Gasteiger charge is -2.29. The molecule has 1 heterocycles. The van der Waals surface area contributed by atoms with E-state index in [0.717, 1.165) is 12.5 Å². The van der Waals surface area contributed by atoms with E-state index < -0.39 is 0 Å². The van der Waals surface area contributed by atoms with Crippen LogP contribution >= 0.6 is 15.9 Å². The number of rotatable bonds is 5. The molecule has 1 aliphatic rings. The maximum atomic E-state index is 3.60. The minimum Gasteiger partial charge on any atom is -0.319 e. The standard InChI is InChI=1S/C16H25BrN2/c1-4-8-19-9-7-14(11-18-3)16(19)13-5-6-15(17)12(2)10-13/h5-6,10,14,16,18H,4,7-9,11H2,1-3H3. The highest BCUT2D eigenvalue weighted by atomic mass is 79.9. The van der Waals surface area contributed by atoms with Crippen molar-refractivity contribution in [2.45, 2.75) is 32.7 Å². The second kappa shape index (κ2) is 6.87. The summed E-state index contributed by atoms with van der Waals surface area (Å²) >= 11 is 3.60. The lowest BCUT2D eigenvalue weighted by Crippen LogP contribution is -2.29. The van der Waals surface area contributed by atoms with E-state index in [0.29, 0.717) is 6.04 Å². The van der Waals surface area contributed by atoms with Crippen molar-refractivity contribution in [3.05, 3.63) is 33.8 Å². The highest BCUT2D eigenvalue weighted by molar-refractivity contribution is 9.10. The van der Waals surface area contributed by atoms with Gasteiger partial charge in [0, 0.05) is 10.5 Å². The van der Waals surface area contributed by atoms with Crippen LogP contribution in [0.3, 0.4) is 0 Å². The van der Waals surface area contributed by atoms with E-state index in [1.54, 1.807) is 0 Å². The summed E-state index contributed by atoms with van der Waals surface area (Å²) in [7, 11) is 2.06. The molecular formula is C16H25BrN2. The van der Waals surface area contributed by atoms with Gasteiger partial charge in [0.25, 0.3) is 0 Å². The van der Waals surface area contributed by atoms with Crippen LogP contribution in [-0.2, 0) is 0 Å². The molecule has 19 heavy (non-hydrogen) atoms. The first-order valence-electron chi connectivity index (χ1n) is 7.32. The van der Waals surface area contributed by atoms with Crippen LogP contribution in [0.15, 0.2) is 22.7 Å². The molecule has 2 nitrogen and oxygen atoms in total. The number of aryl methyl sites for hydroxylation is 1. The van der Waals surface area contributed by atoms with Gasteiger partial charge in [0.05, 0.1) is 0 Å². The van der Waals surface area contributed by atoms with Crippen molar-refractivity contribution in [3.8, 4) is 0 Å². The molecule has 3 heteroatoms. The molecule has 1 aromatic rings. The van der Waals surface area contributed by atoms with Crippen LogP contribution in [0.4, 0.5) is 0 Å². The highest BCUT2D eigenvalue weighted by Crippen LogP contribution is 2.38. The van der Waals surface area contributed by atoms with E-state index in [2.05, 4.69) is 65.2 Å². The Kier molecular flexibility index (Phi) is 5.43. The first-order valence-corrected chi connectivity index (χ1v) is 8.11. The Bertz CT molecular complexity index is 405.